The van der Waals surface area contributed by atoms with Crippen molar-refractivity contribution in [3.05, 3.63) is 0 Å². The fourth-order valence-corrected chi connectivity index (χ4v) is 5.08. The molecule has 0 aliphatic carbocycles. The summed E-state index contributed by atoms with van der Waals surface area (Å²) in [5.74, 6) is 0.0969. The second-order valence-corrected chi connectivity index (χ2v) is 8.91. The van der Waals surface area contributed by atoms with Gasteiger partial charge in [0.25, 0.3) is 0 Å². The van der Waals surface area contributed by atoms with Crippen LogP contribution in [0, 0.1) is 0 Å². The quantitative estimate of drug-likeness (QED) is 0.654. The molecule has 1 amide bonds. The monoisotopic (exact) mass is 374 g/mol. The molecular formula is C13H22N6O3S2. The first-order valence-electron chi connectivity index (χ1n) is 7.63. The van der Waals surface area contributed by atoms with Crippen LogP contribution in [0.15, 0.2) is 5.16 Å². The second kappa shape index (κ2) is 7.51. The number of sulfone groups is 1. The van der Waals surface area contributed by atoms with Gasteiger partial charge in [0, 0.05) is 12.1 Å². The van der Waals surface area contributed by atoms with Crippen molar-refractivity contribution in [2.75, 3.05) is 28.7 Å². The van der Waals surface area contributed by atoms with Crippen molar-refractivity contribution in [3.8, 4) is 0 Å². The standard InChI is InChI=1S/C13H22N6O3S2/c1-3-8(2)19(9-4-5-24(21,22)7-9)10(20)6-23-13-17-11(14)16-12(15)18-13/h8-9H,3-7H2,1-2H3,(H4,14,15,16,17,18)/t8-,9+/m1/s1. The van der Waals surface area contributed by atoms with E-state index >= 15 is 0 Å². The van der Waals surface area contributed by atoms with Crippen LogP contribution in [0.2, 0.25) is 0 Å². The van der Waals surface area contributed by atoms with Crippen molar-refractivity contribution in [1.29, 1.82) is 0 Å². The lowest BCUT2D eigenvalue weighted by molar-refractivity contribution is -0.132. The first-order chi connectivity index (χ1) is 11.2. The van der Waals surface area contributed by atoms with Gasteiger partial charge >= 0.3 is 0 Å². The zero-order valence-electron chi connectivity index (χ0n) is 13.7. The van der Waals surface area contributed by atoms with Crippen molar-refractivity contribution in [1.82, 2.24) is 19.9 Å². The van der Waals surface area contributed by atoms with E-state index in [9.17, 15) is 13.2 Å². The fourth-order valence-electron chi connectivity index (χ4n) is 2.65. The number of rotatable bonds is 6. The molecule has 0 radical (unpaired) electrons. The second-order valence-electron chi connectivity index (χ2n) is 5.74. The van der Waals surface area contributed by atoms with E-state index in [0.29, 0.717) is 6.42 Å². The van der Waals surface area contributed by atoms with Gasteiger partial charge in [-0.05, 0) is 19.8 Å². The van der Waals surface area contributed by atoms with Gasteiger partial charge in [0.15, 0.2) is 15.0 Å². The smallest absolute Gasteiger partial charge is 0.233 e. The average Bonchev–Trinajstić information content (AvgIpc) is 2.84. The minimum Gasteiger partial charge on any atom is -0.368 e. The maximum absolute atomic E-state index is 12.7. The molecule has 4 N–H and O–H groups in total. The Balaban J connectivity index is 2.08. The van der Waals surface area contributed by atoms with Crippen LogP contribution in [0.25, 0.3) is 0 Å². The first-order valence-corrected chi connectivity index (χ1v) is 10.4. The van der Waals surface area contributed by atoms with Crippen LogP contribution < -0.4 is 11.5 Å². The van der Waals surface area contributed by atoms with Gasteiger partial charge in [0.1, 0.15) is 0 Å². The lowest BCUT2D eigenvalue weighted by Gasteiger charge is -2.33. The molecule has 0 saturated carbocycles. The number of aromatic nitrogens is 3. The maximum Gasteiger partial charge on any atom is 0.233 e. The average molecular weight is 374 g/mol. The fraction of sp³-hybridized carbons (Fsp3) is 0.692. The molecule has 1 aliphatic rings. The summed E-state index contributed by atoms with van der Waals surface area (Å²) in [5.41, 5.74) is 11.0. The summed E-state index contributed by atoms with van der Waals surface area (Å²) in [5, 5.41) is 0.275. The van der Waals surface area contributed by atoms with Crippen molar-refractivity contribution in [2.24, 2.45) is 0 Å². The molecule has 1 fully saturated rings. The van der Waals surface area contributed by atoms with Gasteiger partial charge in [0.05, 0.1) is 17.3 Å². The van der Waals surface area contributed by atoms with Gasteiger partial charge in [-0.15, -0.1) is 0 Å². The largest absolute Gasteiger partial charge is 0.368 e. The number of amides is 1. The van der Waals surface area contributed by atoms with Gasteiger partial charge in [-0.3, -0.25) is 4.79 Å². The number of hydrogen-bond donors (Lipinski definition) is 2. The third-order valence-corrected chi connectivity index (χ3v) is 6.51. The zero-order valence-corrected chi connectivity index (χ0v) is 15.3. The van der Waals surface area contributed by atoms with Crippen LogP contribution in [-0.2, 0) is 14.6 Å². The molecule has 0 aromatic carbocycles. The summed E-state index contributed by atoms with van der Waals surface area (Å²) in [7, 11) is -3.06. The number of nitrogens with zero attached hydrogens (tertiary/aromatic N) is 4. The molecule has 0 spiro atoms. The summed E-state index contributed by atoms with van der Waals surface area (Å²) >= 11 is 1.11. The van der Waals surface area contributed by atoms with Crippen LogP contribution in [-0.4, -0.2) is 63.5 Å². The molecule has 0 unspecified atom stereocenters. The van der Waals surface area contributed by atoms with Crippen molar-refractivity contribution < 1.29 is 13.2 Å². The molecule has 0 bridgehead atoms. The Labute approximate surface area is 145 Å². The van der Waals surface area contributed by atoms with Crippen LogP contribution >= 0.6 is 11.8 Å². The van der Waals surface area contributed by atoms with Crippen molar-refractivity contribution in [3.63, 3.8) is 0 Å². The van der Waals surface area contributed by atoms with E-state index < -0.39 is 9.84 Å². The Kier molecular flexibility index (Phi) is 5.86. The van der Waals surface area contributed by atoms with Crippen LogP contribution in [0.3, 0.4) is 0 Å². The van der Waals surface area contributed by atoms with Crippen molar-refractivity contribution >= 4 is 39.4 Å². The van der Waals surface area contributed by atoms with E-state index in [1.165, 1.54) is 0 Å². The van der Waals surface area contributed by atoms with Gasteiger partial charge in [0.2, 0.25) is 17.8 Å². The molecule has 2 atom stereocenters. The van der Waals surface area contributed by atoms with Crippen LogP contribution in [0.5, 0.6) is 0 Å². The van der Waals surface area contributed by atoms with E-state index in [-0.39, 0.29) is 52.3 Å². The third-order valence-electron chi connectivity index (χ3n) is 3.93. The number of nitrogens with two attached hydrogens (primary N) is 2. The normalized spacial score (nSPS) is 20.7. The number of carbonyl (C=O) groups is 1. The van der Waals surface area contributed by atoms with Gasteiger partial charge in [-0.2, -0.15) is 15.0 Å². The highest BCUT2D eigenvalue weighted by Crippen LogP contribution is 2.23. The van der Waals surface area contributed by atoms with E-state index in [1.807, 2.05) is 13.8 Å². The Morgan fingerprint density at radius 2 is 1.96 bits per heavy atom. The summed E-state index contributed by atoms with van der Waals surface area (Å²) in [4.78, 5) is 25.9. The zero-order chi connectivity index (χ0) is 17.9. The van der Waals surface area contributed by atoms with Gasteiger partial charge in [-0.25, -0.2) is 8.42 Å². The third kappa shape index (κ3) is 4.69. The molecule has 1 saturated heterocycles. The Hall–Kier alpha value is -1.62. The Morgan fingerprint density at radius 3 is 2.46 bits per heavy atom. The summed E-state index contributed by atoms with van der Waals surface area (Å²) in [6.07, 6.45) is 1.23. The summed E-state index contributed by atoms with van der Waals surface area (Å²) in [6.45, 7) is 3.89. The predicted octanol–water partition coefficient (Wildman–Crippen LogP) is -0.0577. The van der Waals surface area contributed by atoms with E-state index in [4.69, 9.17) is 11.5 Å². The summed E-state index contributed by atoms with van der Waals surface area (Å²) < 4.78 is 23.5. The number of carbonyl (C=O) groups excluding carboxylic acids is 1. The van der Waals surface area contributed by atoms with E-state index in [0.717, 1.165) is 18.2 Å². The number of anilines is 2. The highest BCUT2D eigenvalue weighted by molar-refractivity contribution is 7.99. The highest BCUT2D eigenvalue weighted by atomic mass is 32.2. The maximum atomic E-state index is 12.7. The molecule has 1 aliphatic heterocycles. The number of thioether (sulfide) groups is 1. The van der Waals surface area contributed by atoms with Gasteiger partial charge < -0.3 is 16.4 Å². The Bertz CT molecular complexity index is 691. The number of hydrogen-bond acceptors (Lipinski definition) is 9. The molecule has 11 heteroatoms. The van der Waals surface area contributed by atoms with E-state index in [2.05, 4.69) is 15.0 Å². The minimum atomic E-state index is -3.06. The predicted molar refractivity (Wildman–Crippen MR) is 93.0 cm³/mol. The molecular weight excluding hydrogens is 352 g/mol. The SMILES string of the molecule is CC[C@@H](C)N(C(=O)CSc1nc(N)nc(N)n1)[C@H]1CCS(=O)(=O)C1. The minimum absolute atomic E-state index is 0.00174. The van der Waals surface area contributed by atoms with Crippen LogP contribution in [0.1, 0.15) is 26.7 Å². The molecule has 24 heavy (non-hydrogen) atoms. The lowest BCUT2D eigenvalue weighted by atomic mass is 10.1. The first kappa shape index (κ1) is 18.7. The molecule has 1 aromatic rings. The lowest BCUT2D eigenvalue weighted by Crippen LogP contribution is -2.47. The number of nitrogen functional groups attached to an aromatic ring is 2. The highest BCUT2D eigenvalue weighted by Gasteiger charge is 2.36. The molecule has 9 nitrogen and oxygen atoms in total. The van der Waals surface area contributed by atoms with Crippen LogP contribution in [0.4, 0.5) is 11.9 Å². The molecule has 134 valence electrons. The topological polar surface area (TPSA) is 145 Å². The summed E-state index contributed by atoms with van der Waals surface area (Å²) in [6, 6.07) is -0.309. The Morgan fingerprint density at radius 1 is 1.33 bits per heavy atom. The molecule has 2 rings (SSSR count). The molecule has 2 heterocycles. The van der Waals surface area contributed by atoms with Crippen molar-refractivity contribution in [2.45, 2.75) is 43.9 Å². The molecule has 1 aromatic heterocycles. The van der Waals surface area contributed by atoms with Gasteiger partial charge in [-0.1, -0.05) is 18.7 Å². The van der Waals surface area contributed by atoms with E-state index in [1.54, 1.807) is 4.90 Å².